The number of benzene rings is 2. The van der Waals surface area contributed by atoms with Gasteiger partial charge >= 0.3 is 5.97 Å². The number of nitrogens with one attached hydrogen (secondary N) is 2. The summed E-state index contributed by atoms with van der Waals surface area (Å²) in [6.07, 6.45) is 1.17. The number of nitriles is 1. The molecule has 7 nitrogen and oxygen atoms in total. The van der Waals surface area contributed by atoms with Crippen molar-refractivity contribution in [3.05, 3.63) is 65.4 Å². The number of rotatable bonds is 5. The first-order valence-corrected chi connectivity index (χ1v) is 7.22. The van der Waals surface area contributed by atoms with E-state index in [1.807, 2.05) is 6.92 Å². The van der Waals surface area contributed by atoms with Gasteiger partial charge in [-0.1, -0.05) is 12.1 Å². The fourth-order valence-electron chi connectivity index (χ4n) is 1.99. The third kappa shape index (κ3) is 4.59. The number of phenolic OH excluding ortho intramolecular Hbond substituents is 1. The Balaban J connectivity index is 2.15. The number of amides is 1. The van der Waals surface area contributed by atoms with E-state index in [2.05, 4.69) is 10.6 Å². The molecule has 0 heterocycles. The smallest absolute Gasteiger partial charge is 0.335 e. The van der Waals surface area contributed by atoms with Crippen molar-refractivity contribution >= 4 is 23.3 Å². The zero-order chi connectivity index (χ0) is 18.4. The molecule has 0 fully saturated rings. The second-order valence-corrected chi connectivity index (χ2v) is 5.17. The van der Waals surface area contributed by atoms with Crippen molar-refractivity contribution in [2.24, 2.45) is 0 Å². The molecule has 2 aromatic carbocycles. The minimum atomic E-state index is -1.12. The summed E-state index contributed by atoms with van der Waals surface area (Å²) in [5.74, 6) is -1.85. The maximum Gasteiger partial charge on any atom is 0.335 e. The lowest BCUT2D eigenvalue weighted by Crippen LogP contribution is -2.15. The molecule has 7 heteroatoms. The van der Waals surface area contributed by atoms with Gasteiger partial charge in [-0.15, -0.1) is 0 Å². The van der Waals surface area contributed by atoms with Gasteiger partial charge in [-0.2, -0.15) is 5.26 Å². The normalized spacial score (nSPS) is 10.6. The summed E-state index contributed by atoms with van der Waals surface area (Å²) in [5, 5.41) is 33.0. The highest BCUT2D eigenvalue weighted by Gasteiger charge is 2.11. The summed E-state index contributed by atoms with van der Waals surface area (Å²) in [5.41, 5.74) is 1.28. The zero-order valence-corrected chi connectivity index (χ0v) is 13.3. The quantitative estimate of drug-likeness (QED) is 0.378. The number of aryl methyl sites for hydroxylation is 1. The van der Waals surface area contributed by atoms with E-state index in [1.165, 1.54) is 36.5 Å². The van der Waals surface area contributed by atoms with Crippen LogP contribution in [0.5, 0.6) is 5.75 Å². The Kier molecular flexibility index (Phi) is 5.38. The molecule has 0 aliphatic rings. The summed E-state index contributed by atoms with van der Waals surface area (Å²) >= 11 is 0. The van der Waals surface area contributed by atoms with Crippen LogP contribution in [-0.4, -0.2) is 22.1 Å². The van der Waals surface area contributed by atoms with Gasteiger partial charge in [-0.25, -0.2) is 4.79 Å². The van der Waals surface area contributed by atoms with E-state index in [0.29, 0.717) is 5.69 Å². The highest BCUT2D eigenvalue weighted by molar-refractivity contribution is 6.07. The number of hydrogen-bond donors (Lipinski definition) is 4. The molecule has 0 saturated carbocycles. The fourth-order valence-corrected chi connectivity index (χ4v) is 1.99. The molecule has 0 spiro atoms. The van der Waals surface area contributed by atoms with Gasteiger partial charge in [0, 0.05) is 11.9 Å². The summed E-state index contributed by atoms with van der Waals surface area (Å²) < 4.78 is 0. The Morgan fingerprint density at radius 2 is 1.96 bits per heavy atom. The molecule has 1 amide bonds. The number of phenols is 1. The molecule has 0 atom stereocenters. The van der Waals surface area contributed by atoms with E-state index in [4.69, 9.17) is 10.4 Å². The van der Waals surface area contributed by atoms with Crippen LogP contribution in [0.15, 0.2) is 54.2 Å². The molecule has 2 rings (SSSR count). The van der Waals surface area contributed by atoms with E-state index < -0.39 is 11.9 Å². The molecule has 2 aromatic rings. The van der Waals surface area contributed by atoms with Gasteiger partial charge < -0.3 is 20.8 Å². The van der Waals surface area contributed by atoms with Crippen molar-refractivity contribution in [3.63, 3.8) is 0 Å². The molecule has 126 valence electrons. The van der Waals surface area contributed by atoms with Crippen molar-refractivity contribution in [2.75, 3.05) is 10.6 Å². The third-order valence-electron chi connectivity index (χ3n) is 3.26. The number of carbonyl (C=O) groups is 2. The van der Waals surface area contributed by atoms with E-state index in [9.17, 15) is 14.7 Å². The van der Waals surface area contributed by atoms with Crippen molar-refractivity contribution in [3.8, 4) is 11.8 Å². The third-order valence-corrected chi connectivity index (χ3v) is 3.26. The van der Waals surface area contributed by atoms with Gasteiger partial charge in [0.1, 0.15) is 17.4 Å². The molecule has 0 aliphatic carbocycles. The number of hydrogen-bond acceptors (Lipinski definition) is 5. The van der Waals surface area contributed by atoms with Crippen LogP contribution in [0, 0.1) is 18.3 Å². The monoisotopic (exact) mass is 337 g/mol. The first-order valence-electron chi connectivity index (χ1n) is 7.22. The van der Waals surface area contributed by atoms with Crippen LogP contribution in [0.1, 0.15) is 15.9 Å². The SMILES string of the molecule is Cc1ccc(O)c(N/C=C(/C#N)C(=O)Nc2cccc(C(=O)O)c2)c1. The Bertz CT molecular complexity index is 897. The summed E-state index contributed by atoms with van der Waals surface area (Å²) in [4.78, 5) is 23.1. The number of carbonyl (C=O) groups excluding carboxylic acids is 1. The standard InChI is InChI=1S/C18H15N3O4/c1-11-5-6-16(22)15(7-11)20-10-13(9-19)17(23)21-14-4-2-3-12(8-14)18(24)25/h2-8,10,20,22H,1H3,(H,21,23)(H,24,25)/b13-10-. The Hall–Kier alpha value is -3.79. The number of aromatic carboxylic acids is 1. The summed E-state index contributed by atoms with van der Waals surface area (Å²) in [6, 6.07) is 12.3. The van der Waals surface area contributed by atoms with Crippen LogP contribution in [0.2, 0.25) is 0 Å². The average Bonchev–Trinajstić information content (AvgIpc) is 2.58. The van der Waals surface area contributed by atoms with Crippen molar-refractivity contribution in [1.29, 1.82) is 5.26 Å². The molecular weight excluding hydrogens is 322 g/mol. The van der Waals surface area contributed by atoms with Crippen LogP contribution >= 0.6 is 0 Å². The van der Waals surface area contributed by atoms with Gasteiger partial charge in [-0.3, -0.25) is 4.79 Å². The Labute approximate surface area is 143 Å². The number of anilines is 2. The van der Waals surface area contributed by atoms with Gasteiger partial charge in [0.2, 0.25) is 0 Å². The Morgan fingerprint density at radius 3 is 2.64 bits per heavy atom. The van der Waals surface area contributed by atoms with Crippen molar-refractivity contribution in [1.82, 2.24) is 0 Å². The Morgan fingerprint density at radius 1 is 1.20 bits per heavy atom. The van der Waals surface area contributed by atoms with Crippen molar-refractivity contribution < 1.29 is 19.8 Å². The molecule has 0 radical (unpaired) electrons. The topological polar surface area (TPSA) is 122 Å². The minimum absolute atomic E-state index is 0.0168. The van der Waals surface area contributed by atoms with Crippen LogP contribution in [0.4, 0.5) is 11.4 Å². The molecule has 0 unspecified atom stereocenters. The van der Waals surface area contributed by atoms with Gasteiger partial charge in [0.05, 0.1) is 11.3 Å². The zero-order valence-electron chi connectivity index (χ0n) is 13.3. The van der Waals surface area contributed by atoms with Gasteiger partial charge in [-0.05, 0) is 42.8 Å². The van der Waals surface area contributed by atoms with E-state index in [-0.39, 0.29) is 22.6 Å². The first kappa shape index (κ1) is 17.6. The highest BCUT2D eigenvalue weighted by Crippen LogP contribution is 2.24. The van der Waals surface area contributed by atoms with Crippen LogP contribution < -0.4 is 10.6 Å². The molecule has 0 aliphatic heterocycles. The largest absolute Gasteiger partial charge is 0.506 e. The first-order chi connectivity index (χ1) is 11.9. The molecule has 0 bridgehead atoms. The van der Waals surface area contributed by atoms with E-state index >= 15 is 0 Å². The molecule has 4 N–H and O–H groups in total. The predicted octanol–water partition coefficient (Wildman–Crippen LogP) is 2.86. The highest BCUT2D eigenvalue weighted by atomic mass is 16.4. The molecule has 0 saturated heterocycles. The summed E-state index contributed by atoms with van der Waals surface area (Å²) in [7, 11) is 0. The minimum Gasteiger partial charge on any atom is -0.506 e. The lowest BCUT2D eigenvalue weighted by Gasteiger charge is -2.07. The number of nitrogens with zero attached hydrogens (tertiary/aromatic N) is 1. The van der Waals surface area contributed by atoms with Crippen LogP contribution in [-0.2, 0) is 4.79 Å². The second kappa shape index (κ2) is 7.66. The lowest BCUT2D eigenvalue weighted by molar-refractivity contribution is -0.112. The number of carboxylic acids is 1. The van der Waals surface area contributed by atoms with Gasteiger partial charge in [0.15, 0.2) is 0 Å². The lowest BCUT2D eigenvalue weighted by atomic mass is 10.2. The van der Waals surface area contributed by atoms with Crippen LogP contribution in [0.25, 0.3) is 0 Å². The van der Waals surface area contributed by atoms with Gasteiger partial charge in [0.25, 0.3) is 5.91 Å². The molecule has 25 heavy (non-hydrogen) atoms. The fraction of sp³-hybridized carbons (Fsp3) is 0.0556. The predicted molar refractivity (Wildman–Crippen MR) is 92.2 cm³/mol. The number of aromatic hydroxyl groups is 1. The van der Waals surface area contributed by atoms with E-state index in [1.54, 1.807) is 18.2 Å². The molecule has 0 aromatic heterocycles. The second-order valence-electron chi connectivity index (χ2n) is 5.17. The van der Waals surface area contributed by atoms with E-state index in [0.717, 1.165) is 5.56 Å². The number of carboxylic acid groups (broad SMARTS) is 1. The summed E-state index contributed by atoms with van der Waals surface area (Å²) in [6.45, 7) is 1.84. The maximum atomic E-state index is 12.1. The average molecular weight is 337 g/mol. The van der Waals surface area contributed by atoms with Crippen LogP contribution in [0.3, 0.4) is 0 Å². The molecular formula is C18H15N3O4. The van der Waals surface area contributed by atoms with Crippen molar-refractivity contribution in [2.45, 2.75) is 6.92 Å². The maximum absolute atomic E-state index is 12.1.